The van der Waals surface area contributed by atoms with E-state index in [4.69, 9.17) is 33.8 Å². The molecule has 8 nitrogen and oxygen atoms in total. The van der Waals surface area contributed by atoms with Crippen molar-refractivity contribution in [1.29, 1.82) is 0 Å². The van der Waals surface area contributed by atoms with E-state index in [9.17, 15) is 10.1 Å². The van der Waals surface area contributed by atoms with Crippen LogP contribution in [0.4, 0.5) is 11.5 Å². The van der Waals surface area contributed by atoms with E-state index in [0.29, 0.717) is 0 Å². The van der Waals surface area contributed by atoms with Gasteiger partial charge in [-0.3, -0.25) is 10.1 Å². The molecule has 10 heteroatoms. The summed E-state index contributed by atoms with van der Waals surface area (Å²) in [6.07, 6.45) is 1.07. The Bertz CT molecular complexity index is 667. The van der Waals surface area contributed by atoms with E-state index >= 15 is 0 Å². The summed E-state index contributed by atoms with van der Waals surface area (Å²) >= 11 is 11.8. The molecule has 1 aromatic carbocycles. The maximum absolute atomic E-state index is 11.0. The van der Waals surface area contributed by atoms with Crippen molar-refractivity contribution in [2.24, 2.45) is 5.84 Å². The first-order valence-corrected chi connectivity index (χ1v) is 5.88. The molecule has 0 radical (unpaired) electrons. The van der Waals surface area contributed by atoms with E-state index in [2.05, 4.69) is 15.4 Å². The Morgan fingerprint density at radius 3 is 2.75 bits per heavy atom. The summed E-state index contributed by atoms with van der Waals surface area (Å²) in [5.41, 5.74) is 1.59. The Balaban J connectivity index is 2.48. The molecule has 0 aliphatic carbocycles. The number of nitrogens with zero attached hydrogens (tertiary/aromatic N) is 3. The van der Waals surface area contributed by atoms with Gasteiger partial charge in [-0.15, -0.1) is 0 Å². The Hall–Kier alpha value is -2.16. The number of nitrogens with one attached hydrogen (secondary N) is 1. The second-order valence-electron chi connectivity index (χ2n) is 3.43. The van der Waals surface area contributed by atoms with E-state index in [1.165, 1.54) is 6.07 Å². The number of rotatable bonds is 4. The minimum Gasteiger partial charge on any atom is -0.432 e. The molecule has 0 amide bonds. The molecule has 0 saturated heterocycles. The van der Waals surface area contributed by atoms with Crippen LogP contribution in [0.15, 0.2) is 24.5 Å². The lowest BCUT2D eigenvalue weighted by molar-refractivity contribution is -0.385. The highest BCUT2D eigenvalue weighted by Gasteiger charge is 2.25. The second-order valence-corrected chi connectivity index (χ2v) is 4.22. The van der Waals surface area contributed by atoms with Crippen molar-refractivity contribution < 1.29 is 9.66 Å². The second kappa shape index (κ2) is 5.87. The quantitative estimate of drug-likeness (QED) is 0.506. The van der Waals surface area contributed by atoms with Crippen LogP contribution in [0.1, 0.15) is 0 Å². The average Bonchev–Trinajstić information content (AvgIpc) is 2.43. The van der Waals surface area contributed by atoms with Gasteiger partial charge >= 0.3 is 11.6 Å². The first-order chi connectivity index (χ1) is 9.54. The van der Waals surface area contributed by atoms with E-state index in [1.54, 1.807) is 12.1 Å². The number of hydrogen-bond acceptors (Lipinski definition) is 7. The summed E-state index contributed by atoms with van der Waals surface area (Å²) in [5.74, 6) is 4.80. The number of anilines is 1. The Kier molecular flexibility index (Phi) is 4.18. The number of hydrazine groups is 1. The number of nitrogen functional groups attached to an aromatic ring is 1. The van der Waals surface area contributed by atoms with Gasteiger partial charge in [0.25, 0.3) is 0 Å². The monoisotopic (exact) mass is 315 g/mol. The molecule has 3 N–H and O–H groups in total. The van der Waals surface area contributed by atoms with E-state index in [-0.39, 0.29) is 27.5 Å². The molecule has 0 spiro atoms. The molecule has 2 rings (SSSR count). The van der Waals surface area contributed by atoms with Crippen molar-refractivity contribution in [2.45, 2.75) is 0 Å². The lowest BCUT2D eigenvalue weighted by atomic mass is 10.3. The third-order valence-electron chi connectivity index (χ3n) is 2.23. The van der Waals surface area contributed by atoms with Gasteiger partial charge in [0.1, 0.15) is 17.1 Å². The molecule has 0 bridgehead atoms. The third-order valence-corrected chi connectivity index (χ3v) is 3.03. The first kappa shape index (κ1) is 14.3. The minimum atomic E-state index is -0.719. The van der Waals surface area contributed by atoms with Crippen LogP contribution in [0.5, 0.6) is 11.6 Å². The highest BCUT2D eigenvalue weighted by Crippen LogP contribution is 2.38. The summed E-state index contributed by atoms with van der Waals surface area (Å²) in [6.45, 7) is 0. The van der Waals surface area contributed by atoms with Gasteiger partial charge in [0.2, 0.25) is 5.82 Å². The van der Waals surface area contributed by atoms with Crippen LogP contribution in [-0.4, -0.2) is 14.9 Å². The smallest absolute Gasteiger partial charge is 0.374 e. The molecule has 2 aromatic rings. The fourth-order valence-electron chi connectivity index (χ4n) is 1.37. The van der Waals surface area contributed by atoms with Crippen LogP contribution in [0, 0.1) is 10.1 Å². The van der Waals surface area contributed by atoms with E-state index in [0.717, 1.165) is 6.33 Å². The molecule has 0 aliphatic heterocycles. The SMILES string of the molecule is NNc1ncnc(Oc2cccc(Cl)c2Cl)c1[N+](=O)[O-]. The van der Waals surface area contributed by atoms with Gasteiger partial charge in [0.05, 0.1) is 9.95 Å². The highest BCUT2D eigenvalue weighted by molar-refractivity contribution is 6.42. The Morgan fingerprint density at radius 2 is 2.10 bits per heavy atom. The van der Waals surface area contributed by atoms with Crippen molar-refractivity contribution in [3.63, 3.8) is 0 Å². The number of nitro groups is 1. The van der Waals surface area contributed by atoms with Crippen LogP contribution >= 0.6 is 23.2 Å². The molecule has 1 aromatic heterocycles. The largest absolute Gasteiger partial charge is 0.432 e. The van der Waals surface area contributed by atoms with Crippen LogP contribution in [0.3, 0.4) is 0 Å². The van der Waals surface area contributed by atoms with Gasteiger partial charge in [-0.25, -0.2) is 10.8 Å². The van der Waals surface area contributed by atoms with Crippen LogP contribution in [0.2, 0.25) is 10.0 Å². The standard InChI is InChI=1S/C10H7Cl2N5O3/c11-5-2-1-3-6(7(5)12)20-10-8(17(18)19)9(16-13)14-4-15-10/h1-4H,13H2,(H,14,15,16). The molecule has 0 aliphatic rings. The van der Waals surface area contributed by atoms with Crippen molar-refractivity contribution >= 4 is 34.7 Å². The Labute approximate surface area is 122 Å². The molecule has 0 unspecified atom stereocenters. The van der Waals surface area contributed by atoms with Crippen molar-refractivity contribution in [3.05, 3.63) is 44.7 Å². The number of hydrogen-bond donors (Lipinski definition) is 2. The number of ether oxygens (including phenoxy) is 1. The molecule has 104 valence electrons. The molecular weight excluding hydrogens is 309 g/mol. The fourth-order valence-corrected chi connectivity index (χ4v) is 1.70. The number of halogens is 2. The van der Waals surface area contributed by atoms with Gasteiger partial charge in [-0.1, -0.05) is 29.3 Å². The zero-order valence-corrected chi connectivity index (χ0v) is 11.2. The van der Waals surface area contributed by atoms with Gasteiger partial charge in [-0.2, -0.15) is 4.98 Å². The molecule has 0 saturated carbocycles. The third kappa shape index (κ3) is 2.72. The molecule has 1 heterocycles. The van der Waals surface area contributed by atoms with Gasteiger partial charge in [0, 0.05) is 0 Å². The van der Waals surface area contributed by atoms with Crippen molar-refractivity contribution in [1.82, 2.24) is 9.97 Å². The molecular formula is C10H7Cl2N5O3. The van der Waals surface area contributed by atoms with Crippen molar-refractivity contribution in [3.8, 4) is 11.6 Å². The number of benzene rings is 1. The topological polar surface area (TPSA) is 116 Å². The lowest BCUT2D eigenvalue weighted by Crippen LogP contribution is -2.12. The fraction of sp³-hybridized carbons (Fsp3) is 0. The maximum atomic E-state index is 11.0. The summed E-state index contributed by atoms with van der Waals surface area (Å²) in [6, 6.07) is 4.63. The number of aromatic nitrogens is 2. The lowest BCUT2D eigenvalue weighted by Gasteiger charge is -2.08. The molecule has 0 fully saturated rings. The van der Waals surface area contributed by atoms with E-state index in [1.807, 2.05) is 0 Å². The molecule has 20 heavy (non-hydrogen) atoms. The average molecular weight is 316 g/mol. The predicted octanol–water partition coefficient (Wildman–Crippen LogP) is 2.77. The summed E-state index contributed by atoms with van der Waals surface area (Å²) in [7, 11) is 0. The normalized spacial score (nSPS) is 10.2. The highest BCUT2D eigenvalue weighted by atomic mass is 35.5. The predicted molar refractivity (Wildman–Crippen MR) is 73.0 cm³/mol. The van der Waals surface area contributed by atoms with Gasteiger partial charge in [0.15, 0.2) is 0 Å². The summed E-state index contributed by atoms with van der Waals surface area (Å²) in [4.78, 5) is 17.7. The van der Waals surface area contributed by atoms with Crippen LogP contribution in [0.25, 0.3) is 0 Å². The van der Waals surface area contributed by atoms with Gasteiger partial charge in [-0.05, 0) is 12.1 Å². The summed E-state index contributed by atoms with van der Waals surface area (Å²) < 4.78 is 5.32. The summed E-state index contributed by atoms with van der Waals surface area (Å²) in [5, 5.41) is 11.4. The van der Waals surface area contributed by atoms with Gasteiger partial charge < -0.3 is 10.2 Å². The van der Waals surface area contributed by atoms with Crippen molar-refractivity contribution in [2.75, 3.05) is 5.43 Å². The number of nitrogens with two attached hydrogens (primary N) is 1. The minimum absolute atomic E-state index is 0.115. The zero-order valence-electron chi connectivity index (χ0n) is 9.71. The maximum Gasteiger partial charge on any atom is 0.374 e. The Morgan fingerprint density at radius 1 is 1.35 bits per heavy atom. The van der Waals surface area contributed by atoms with Crippen LogP contribution in [-0.2, 0) is 0 Å². The zero-order chi connectivity index (χ0) is 14.7. The van der Waals surface area contributed by atoms with Crippen LogP contribution < -0.4 is 16.0 Å². The molecule has 0 atom stereocenters. The van der Waals surface area contributed by atoms with E-state index < -0.39 is 10.6 Å². The first-order valence-electron chi connectivity index (χ1n) is 5.12.